The SMILES string of the molecule is COC(C)(C)CCOC(=O)CCS. The molecular weight excluding hydrogens is 188 g/mol. The summed E-state index contributed by atoms with van der Waals surface area (Å²) in [6.45, 7) is 4.33. The molecule has 0 rings (SSSR count). The molecule has 0 aromatic heterocycles. The first-order chi connectivity index (χ1) is 6.02. The fourth-order valence-corrected chi connectivity index (χ4v) is 0.859. The van der Waals surface area contributed by atoms with Crippen molar-refractivity contribution in [3.63, 3.8) is 0 Å². The Balaban J connectivity index is 3.50. The lowest BCUT2D eigenvalue weighted by Crippen LogP contribution is -2.25. The Morgan fingerprint density at radius 3 is 2.54 bits per heavy atom. The summed E-state index contributed by atoms with van der Waals surface area (Å²) < 4.78 is 10.1. The molecule has 0 spiro atoms. The maximum atomic E-state index is 10.9. The van der Waals surface area contributed by atoms with Crippen LogP contribution in [0.5, 0.6) is 0 Å². The summed E-state index contributed by atoms with van der Waals surface area (Å²) in [5, 5.41) is 0. The zero-order chi connectivity index (χ0) is 10.3. The predicted molar refractivity (Wildman–Crippen MR) is 55.1 cm³/mol. The maximum Gasteiger partial charge on any atom is 0.306 e. The Labute approximate surface area is 85.2 Å². The minimum Gasteiger partial charge on any atom is -0.466 e. The molecule has 0 radical (unpaired) electrons. The van der Waals surface area contributed by atoms with Crippen molar-refractivity contribution in [2.75, 3.05) is 19.5 Å². The summed E-state index contributed by atoms with van der Waals surface area (Å²) in [5.74, 6) is 0.342. The lowest BCUT2D eigenvalue weighted by atomic mass is 10.1. The van der Waals surface area contributed by atoms with E-state index in [1.54, 1.807) is 7.11 Å². The Bertz CT molecular complexity index is 157. The molecule has 78 valence electrons. The van der Waals surface area contributed by atoms with Crippen LogP contribution in [0.3, 0.4) is 0 Å². The molecule has 0 amide bonds. The van der Waals surface area contributed by atoms with E-state index in [9.17, 15) is 4.79 Å². The molecule has 0 heterocycles. The third kappa shape index (κ3) is 6.90. The van der Waals surface area contributed by atoms with Crippen LogP contribution < -0.4 is 0 Å². The quantitative estimate of drug-likeness (QED) is 0.530. The van der Waals surface area contributed by atoms with Gasteiger partial charge in [0.2, 0.25) is 0 Å². The molecule has 0 aliphatic carbocycles. The summed E-state index contributed by atoms with van der Waals surface area (Å²) in [7, 11) is 1.65. The summed E-state index contributed by atoms with van der Waals surface area (Å²) in [6, 6.07) is 0. The van der Waals surface area contributed by atoms with E-state index in [4.69, 9.17) is 9.47 Å². The van der Waals surface area contributed by atoms with Crippen molar-refractivity contribution in [2.45, 2.75) is 32.3 Å². The molecule has 0 atom stereocenters. The Hall–Kier alpha value is -0.220. The van der Waals surface area contributed by atoms with Gasteiger partial charge in [-0.25, -0.2) is 0 Å². The summed E-state index contributed by atoms with van der Waals surface area (Å²) in [5.41, 5.74) is -0.221. The van der Waals surface area contributed by atoms with Crippen LogP contribution in [0.1, 0.15) is 26.7 Å². The summed E-state index contributed by atoms with van der Waals surface area (Å²) in [6.07, 6.45) is 1.08. The van der Waals surface area contributed by atoms with E-state index in [1.807, 2.05) is 13.8 Å². The number of ether oxygens (including phenoxy) is 2. The second kappa shape index (κ2) is 6.27. The van der Waals surface area contributed by atoms with Crippen molar-refractivity contribution in [2.24, 2.45) is 0 Å². The number of rotatable bonds is 6. The Kier molecular flexibility index (Phi) is 6.16. The van der Waals surface area contributed by atoms with Crippen molar-refractivity contribution in [3.8, 4) is 0 Å². The van der Waals surface area contributed by atoms with Gasteiger partial charge in [-0.3, -0.25) is 4.79 Å². The van der Waals surface area contributed by atoms with Gasteiger partial charge in [-0.05, 0) is 13.8 Å². The van der Waals surface area contributed by atoms with Gasteiger partial charge in [0.05, 0.1) is 18.6 Å². The molecular formula is C9H18O3S. The van der Waals surface area contributed by atoms with Crippen molar-refractivity contribution >= 4 is 18.6 Å². The monoisotopic (exact) mass is 206 g/mol. The first-order valence-corrected chi connectivity index (χ1v) is 4.97. The van der Waals surface area contributed by atoms with E-state index >= 15 is 0 Å². The fraction of sp³-hybridized carbons (Fsp3) is 0.889. The van der Waals surface area contributed by atoms with Crippen molar-refractivity contribution in [1.82, 2.24) is 0 Å². The highest BCUT2D eigenvalue weighted by atomic mass is 32.1. The molecule has 4 heteroatoms. The third-order valence-corrected chi connectivity index (χ3v) is 2.06. The largest absolute Gasteiger partial charge is 0.466 e. The first kappa shape index (κ1) is 12.8. The lowest BCUT2D eigenvalue weighted by Gasteiger charge is -2.22. The van der Waals surface area contributed by atoms with Crippen LogP contribution in [-0.4, -0.2) is 31.0 Å². The van der Waals surface area contributed by atoms with Gasteiger partial charge in [-0.2, -0.15) is 12.6 Å². The minimum absolute atomic E-state index is 0.193. The Morgan fingerprint density at radius 2 is 2.08 bits per heavy atom. The molecule has 0 N–H and O–H groups in total. The highest BCUT2D eigenvalue weighted by Crippen LogP contribution is 2.12. The number of carbonyl (C=O) groups excluding carboxylic acids is 1. The fourth-order valence-electron chi connectivity index (χ4n) is 0.676. The highest BCUT2D eigenvalue weighted by molar-refractivity contribution is 7.80. The zero-order valence-corrected chi connectivity index (χ0v) is 9.39. The van der Waals surface area contributed by atoms with Crippen LogP contribution in [0.2, 0.25) is 0 Å². The molecule has 0 aliphatic heterocycles. The summed E-state index contributed by atoms with van der Waals surface area (Å²) >= 11 is 3.93. The van der Waals surface area contributed by atoms with Crippen LogP contribution in [0.25, 0.3) is 0 Å². The number of hydrogen-bond donors (Lipinski definition) is 1. The van der Waals surface area contributed by atoms with E-state index in [2.05, 4.69) is 12.6 Å². The van der Waals surface area contributed by atoms with Gasteiger partial charge in [-0.1, -0.05) is 0 Å². The standard InChI is InChI=1S/C9H18O3S/c1-9(2,11-3)5-6-12-8(10)4-7-13/h13H,4-7H2,1-3H3. The number of esters is 1. The van der Waals surface area contributed by atoms with E-state index in [0.29, 0.717) is 25.2 Å². The number of hydrogen-bond acceptors (Lipinski definition) is 4. The molecule has 0 unspecified atom stereocenters. The molecule has 3 nitrogen and oxygen atoms in total. The Morgan fingerprint density at radius 1 is 1.46 bits per heavy atom. The lowest BCUT2D eigenvalue weighted by molar-refractivity contribution is -0.144. The van der Waals surface area contributed by atoms with Crippen molar-refractivity contribution < 1.29 is 14.3 Å². The van der Waals surface area contributed by atoms with Crippen molar-refractivity contribution in [3.05, 3.63) is 0 Å². The van der Waals surface area contributed by atoms with Gasteiger partial charge in [0.15, 0.2) is 0 Å². The zero-order valence-electron chi connectivity index (χ0n) is 8.50. The second-order valence-electron chi connectivity index (χ2n) is 3.41. The van der Waals surface area contributed by atoms with Gasteiger partial charge in [0.25, 0.3) is 0 Å². The van der Waals surface area contributed by atoms with Gasteiger partial charge in [0.1, 0.15) is 0 Å². The molecule has 0 bridgehead atoms. The average Bonchev–Trinajstić information content (AvgIpc) is 2.05. The number of methoxy groups -OCH3 is 1. The molecule has 13 heavy (non-hydrogen) atoms. The second-order valence-corrected chi connectivity index (χ2v) is 3.86. The highest BCUT2D eigenvalue weighted by Gasteiger charge is 2.16. The summed E-state index contributed by atoms with van der Waals surface area (Å²) in [4.78, 5) is 10.9. The minimum atomic E-state index is -0.221. The maximum absolute atomic E-state index is 10.9. The van der Waals surface area contributed by atoms with Crippen LogP contribution in [0.15, 0.2) is 0 Å². The van der Waals surface area contributed by atoms with Gasteiger partial charge >= 0.3 is 5.97 Å². The molecule has 0 saturated heterocycles. The van der Waals surface area contributed by atoms with Crippen LogP contribution in [0, 0.1) is 0 Å². The average molecular weight is 206 g/mol. The third-order valence-electron chi connectivity index (χ3n) is 1.84. The topological polar surface area (TPSA) is 35.5 Å². The number of carbonyl (C=O) groups is 1. The van der Waals surface area contributed by atoms with E-state index in [0.717, 1.165) is 0 Å². The molecule has 0 aromatic carbocycles. The predicted octanol–water partition coefficient (Wildman–Crippen LogP) is 1.66. The molecule has 0 fully saturated rings. The molecule has 0 aromatic rings. The van der Waals surface area contributed by atoms with E-state index in [-0.39, 0.29) is 11.6 Å². The van der Waals surface area contributed by atoms with Crippen molar-refractivity contribution in [1.29, 1.82) is 0 Å². The molecule has 0 aliphatic rings. The van der Waals surface area contributed by atoms with Gasteiger partial charge in [-0.15, -0.1) is 0 Å². The van der Waals surface area contributed by atoms with Gasteiger partial charge < -0.3 is 9.47 Å². The van der Waals surface area contributed by atoms with Crippen LogP contribution in [0.4, 0.5) is 0 Å². The van der Waals surface area contributed by atoms with Crippen LogP contribution >= 0.6 is 12.6 Å². The van der Waals surface area contributed by atoms with Gasteiger partial charge in [0, 0.05) is 19.3 Å². The number of thiol groups is 1. The smallest absolute Gasteiger partial charge is 0.306 e. The molecule has 0 saturated carbocycles. The first-order valence-electron chi connectivity index (χ1n) is 4.33. The van der Waals surface area contributed by atoms with E-state index in [1.165, 1.54) is 0 Å². The van der Waals surface area contributed by atoms with Crippen LogP contribution in [-0.2, 0) is 14.3 Å². The normalized spacial score (nSPS) is 11.4. The van der Waals surface area contributed by atoms with E-state index < -0.39 is 0 Å².